The molecule has 0 bridgehead atoms. The maximum absolute atomic E-state index is 12.5. The summed E-state index contributed by atoms with van der Waals surface area (Å²) in [6.07, 6.45) is 0. The fraction of sp³-hybridized carbons (Fsp3) is 0.125. The SMILES string of the molecule is O=C(O)c1cc(F)ccc1CO. The van der Waals surface area contributed by atoms with Crippen molar-refractivity contribution in [3.05, 3.63) is 35.1 Å². The molecule has 0 atom stereocenters. The Hall–Kier alpha value is -1.42. The normalized spacial score (nSPS) is 9.83. The van der Waals surface area contributed by atoms with Crippen LogP contribution in [0.5, 0.6) is 0 Å². The van der Waals surface area contributed by atoms with Gasteiger partial charge in [0.05, 0.1) is 12.2 Å². The van der Waals surface area contributed by atoms with Crippen molar-refractivity contribution in [1.29, 1.82) is 0 Å². The van der Waals surface area contributed by atoms with Crippen LogP contribution in [0.3, 0.4) is 0 Å². The molecule has 64 valence electrons. The third-order valence-electron chi connectivity index (χ3n) is 1.47. The Bertz CT molecular complexity index is 309. The van der Waals surface area contributed by atoms with Gasteiger partial charge in [-0.2, -0.15) is 0 Å². The lowest BCUT2D eigenvalue weighted by Crippen LogP contribution is -2.02. The molecule has 0 radical (unpaired) electrons. The van der Waals surface area contributed by atoms with E-state index in [1.54, 1.807) is 0 Å². The predicted octanol–water partition coefficient (Wildman–Crippen LogP) is 1.02. The molecule has 4 heteroatoms. The average Bonchev–Trinajstić information content (AvgIpc) is 2.04. The Balaban J connectivity index is 3.21. The van der Waals surface area contributed by atoms with E-state index in [1.165, 1.54) is 6.07 Å². The van der Waals surface area contributed by atoms with Crippen LogP contribution in [-0.4, -0.2) is 16.2 Å². The van der Waals surface area contributed by atoms with Crippen molar-refractivity contribution in [2.75, 3.05) is 0 Å². The number of carbonyl (C=O) groups is 1. The summed E-state index contributed by atoms with van der Waals surface area (Å²) in [5, 5.41) is 17.2. The summed E-state index contributed by atoms with van der Waals surface area (Å²) in [5.74, 6) is -1.86. The fourth-order valence-corrected chi connectivity index (χ4v) is 0.886. The van der Waals surface area contributed by atoms with Gasteiger partial charge in [0.25, 0.3) is 0 Å². The highest BCUT2D eigenvalue weighted by Crippen LogP contribution is 2.10. The van der Waals surface area contributed by atoms with Crippen LogP contribution in [0.4, 0.5) is 4.39 Å². The van der Waals surface area contributed by atoms with Gasteiger partial charge in [-0.1, -0.05) is 6.07 Å². The highest BCUT2D eigenvalue weighted by Gasteiger charge is 2.09. The Morgan fingerprint density at radius 2 is 2.17 bits per heavy atom. The number of carboxylic acid groups (broad SMARTS) is 1. The van der Waals surface area contributed by atoms with Crippen LogP contribution in [0.15, 0.2) is 18.2 Å². The summed E-state index contributed by atoms with van der Waals surface area (Å²) in [6.45, 7) is -0.401. The van der Waals surface area contributed by atoms with Crippen molar-refractivity contribution < 1.29 is 19.4 Å². The molecule has 0 aliphatic heterocycles. The third-order valence-corrected chi connectivity index (χ3v) is 1.47. The molecule has 0 heterocycles. The van der Waals surface area contributed by atoms with E-state index >= 15 is 0 Å². The number of rotatable bonds is 2. The van der Waals surface area contributed by atoms with Gasteiger partial charge >= 0.3 is 5.97 Å². The molecular formula is C8H7FO3. The van der Waals surface area contributed by atoms with E-state index in [9.17, 15) is 9.18 Å². The Kier molecular flexibility index (Phi) is 2.40. The first-order valence-electron chi connectivity index (χ1n) is 3.27. The smallest absolute Gasteiger partial charge is 0.336 e. The summed E-state index contributed by atoms with van der Waals surface area (Å²) >= 11 is 0. The minimum Gasteiger partial charge on any atom is -0.478 e. The number of aliphatic hydroxyl groups is 1. The summed E-state index contributed by atoms with van der Waals surface area (Å²) in [5.41, 5.74) is 0.0152. The van der Waals surface area contributed by atoms with E-state index in [1.807, 2.05) is 0 Å². The highest BCUT2D eigenvalue weighted by atomic mass is 19.1. The molecule has 12 heavy (non-hydrogen) atoms. The van der Waals surface area contributed by atoms with E-state index in [0.717, 1.165) is 12.1 Å². The number of aliphatic hydroxyl groups excluding tert-OH is 1. The van der Waals surface area contributed by atoms with E-state index in [-0.39, 0.29) is 11.1 Å². The van der Waals surface area contributed by atoms with Crippen molar-refractivity contribution >= 4 is 5.97 Å². The molecule has 3 nitrogen and oxygen atoms in total. The van der Waals surface area contributed by atoms with Crippen molar-refractivity contribution in [2.24, 2.45) is 0 Å². The highest BCUT2D eigenvalue weighted by molar-refractivity contribution is 5.89. The second kappa shape index (κ2) is 3.32. The van der Waals surface area contributed by atoms with Gasteiger partial charge in [0.15, 0.2) is 0 Å². The molecule has 0 amide bonds. The molecular weight excluding hydrogens is 163 g/mol. The Labute approximate surface area is 68.1 Å². The zero-order valence-electron chi connectivity index (χ0n) is 6.12. The Morgan fingerprint density at radius 1 is 1.50 bits per heavy atom. The number of carboxylic acids is 1. The summed E-state index contributed by atoms with van der Waals surface area (Å²) in [6, 6.07) is 3.24. The first kappa shape index (κ1) is 8.67. The first-order chi connectivity index (χ1) is 5.65. The lowest BCUT2D eigenvalue weighted by molar-refractivity contribution is 0.0692. The van der Waals surface area contributed by atoms with E-state index < -0.39 is 18.4 Å². The molecule has 1 aromatic carbocycles. The van der Waals surface area contributed by atoms with Crippen LogP contribution in [0, 0.1) is 5.82 Å². The number of aromatic carboxylic acids is 1. The summed E-state index contributed by atoms with van der Waals surface area (Å²) < 4.78 is 12.5. The summed E-state index contributed by atoms with van der Waals surface area (Å²) in [4.78, 5) is 10.5. The molecule has 0 aliphatic carbocycles. The second-order valence-corrected chi connectivity index (χ2v) is 2.26. The number of hydrogen-bond donors (Lipinski definition) is 2. The lowest BCUT2D eigenvalue weighted by Gasteiger charge is -2.01. The summed E-state index contributed by atoms with van der Waals surface area (Å²) in [7, 11) is 0. The topological polar surface area (TPSA) is 57.5 Å². The molecule has 0 saturated carbocycles. The molecule has 0 spiro atoms. The minimum absolute atomic E-state index is 0.197. The van der Waals surface area contributed by atoms with Crippen LogP contribution < -0.4 is 0 Å². The van der Waals surface area contributed by atoms with Gasteiger partial charge in [0, 0.05) is 0 Å². The van der Waals surface area contributed by atoms with Gasteiger partial charge in [-0.15, -0.1) is 0 Å². The Morgan fingerprint density at radius 3 is 2.67 bits per heavy atom. The molecule has 0 fully saturated rings. The van der Waals surface area contributed by atoms with Gasteiger partial charge < -0.3 is 10.2 Å². The minimum atomic E-state index is -1.24. The van der Waals surface area contributed by atoms with Crippen molar-refractivity contribution in [3.63, 3.8) is 0 Å². The zero-order valence-corrected chi connectivity index (χ0v) is 6.12. The molecule has 0 aromatic heterocycles. The van der Waals surface area contributed by atoms with E-state index in [0.29, 0.717) is 0 Å². The molecule has 0 unspecified atom stereocenters. The average molecular weight is 170 g/mol. The maximum Gasteiger partial charge on any atom is 0.336 e. The van der Waals surface area contributed by atoms with Crippen LogP contribution >= 0.6 is 0 Å². The standard InChI is InChI=1S/C8H7FO3/c9-6-2-1-5(4-10)7(3-6)8(11)12/h1-3,10H,4H2,(H,11,12). The molecule has 1 rings (SSSR count). The number of hydrogen-bond acceptors (Lipinski definition) is 2. The van der Waals surface area contributed by atoms with Crippen molar-refractivity contribution in [1.82, 2.24) is 0 Å². The number of benzene rings is 1. The van der Waals surface area contributed by atoms with Gasteiger partial charge in [-0.05, 0) is 17.7 Å². The van der Waals surface area contributed by atoms with Crippen LogP contribution in [-0.2, 0) is 6.61 Å². The molecule has 0 saturated heterocycles. The van der Waals surface area contributed by atoms with Gasteiger partial charge in [-0.3, -0.25) is 0 Å². The zero-order chi connectivity index (χ0) is 9.14. The lowest BCUT2D eigenvalue weighted by atomic mass is 10.1. The molecule has 1 aromatic rings. The van der Waals surface area contributed by atoms with E-state index in [2.05, 4.69) is 0 Å². The van der Waals surface area contributed by atoms with Crippen LogP contribution in [0.1, 0.15) is 15.9 Å². The van der Waals surface area contributed by atoms with Gasteiger partial charge in [0.1, 0.15) is 5.82 Å². The third kappa shape index (κ3) is 1.60. The fourth-order valence-electron chi connectivity index (χ4n) is 0.886. The molecule has 2 N–H and O–H groups in total. The second-order valence-electron chi connectivity index (χ2n) is 2.26. The van der Waals surface area contributed by atoms with Crippen LogP contribution in [0.25, 0.3) is 0 Å². The van der Waals surface area contributed by atoms with Gasteiger partial charge in [0.2, 0.25) is 0 Å². The van der Waals surface area contributed by atoms with E-state index in [4.69, 9.17) is 10.2 Å². The first-order valence-corrected chi connectivity index (χ1v) is 3.27. The molecule has 0 aliphatic rings. The predicted molar refractivity (Wildman–Crippen MR) is 39.3 cm³/mol. The largest absolute Gasteiger partial charge is 0.478 e. The van der Waals surface area contributed by atoms with Crippen molar-refractivity contribution in [2.45, 2.75) is 6.61 Å². The van der Waals surface area contributed by atoms with Crippen molar-refractivity contribution in [3.8, 4) is 0 Å². The number of halogens is 1. The monoisotopic (exact) mass is 170 g/mol. The van der Waals surface area contributed by atoms with Gasteiger partial charge in [-0.25, -0.2) is 9.18 Å². The van der Waals surface area contributed by atoms with Crippen LogP contribution in [0.2, 0.25) is 0 Å². The quantitative estimate of drug-likeness (QED) is 0.696. The maximum atomic E-state index is 12.5.